The van der Waals surface area contributed by atoms with Crippen LogP contribution in [0.25, 0.3) is 0 Å². The molecule has 0 unspecified atom stereocenters. The average Bonchev–Trinajstić information content (AvgIpc) is 2.19. The lowest BCUT2D eigenvalue weighted by atomic mass is 10.3. The van der Waals surface area contributed by atoms with Gasteiger partial charge in [0.25, 0.3) is 6.47 Å². The first-order chi connectivity index (χ1) is 6.29. The van der Waals surface area contributed by atoms with Gasteiger partial charge in [0, 0.05) is 23.3 Å². The fourth-order valence-electron chi connectivity index (χ4n) is 0.714. The molecule has 0 fully saturated rings. The first kappa shape index (κ1) is 11.9. The minimum absolute atomic E-state index is 0.250. The van der Waals surface area contributed by atoms with Crippen LogP contribution in [-0.2, 0) is 10.1 Å². The predicted octanol–water partition coefficient (Wildman–Crippen LogP) is 1.69. The molecule has 5 heteroatoms. The third-order valence-electron chi connectivity index (χ3n) is 1.22. The van der Waals surface area contributed by atoms with E-state index in [0.29, 0.717) is 0 Å². The summed E-state index contributed by atoms with van der Waals surface area (Å²) in [6.07, 6.45) is 3.50. The van der Waals surface area contributed by atoms with Gasteiger partial charge in [-0.2, -0.15) is 0 Å². The van der Waals surface area contributed by atoms with Crippen molar-refractivity contribution >= 4 is 22.4 Å². The number of carbonyl (C=O) groups is 1. The Morgan fingerprint density at radius 1 is 1.77 bits per heavy atom. The summed E-state index contributed by atoms with van der Waals surface area (Å²) in [6.45, 7) is -0.250. The van der Waals surface area contributed by atoms with Crippen molar-refractivity contribution in [2.45, 2.75) is 5.33 Å². The van der Waals surface area contributed by atoms with Gasteiger partial charge in [0.15, 0.2) is 0 Å². The molecule has 1 aromatic rings. The second kappa shape index (κ2) is 7.54. The van der Waals surface area contributed by atoms with Gasteiger partial charge in [-0.15, -0.1) is 0 Å². The third-order valence-corrected chi connectivity index (χ3v) is 1.83. The van der Waals surface area contributed by atoms with E-state index in [1.54, 1.807) is 19.5 Å². The number of carboxylic acid groups (broad SMARTS) is 1. The number of nitrogens with zero attached hydrogens (tertiary/aromatic N) is 1. The number of hydrogen-bond donors (Lipinski definition) is 1. The number of methoxy groups -OCH3 is 1. The zero-order valence-electron chi connectivity index (χ0n) is 7.11. The monoisotopic (exact) mass is 247 g/mol. The second-order valence-electron chi connectivity index (χ2n) is 1.93. The number of ether oxygens (including phenoxy) is 1. The Balaban J connectivity index is 0.000000424. The zero-order chi connectivity index (χ0) is 10.1. The summed E-state index contributed by atoms with van der Waals surface area (Å²) >= 11 is 3.33. The SMILES string of the molecule is COc1ccncc1CBr.O=CO. The highest BCUT2D eigenvalue weighted by Crippen LogP contribution is 2.17. The van der Waals surface area contributed by atoms with Crippen molar-refractivity contribution in [3.05, 3.63) is 24.0 Å². The van der Waals surface area contributed by atoms with Gasteiger partial charge in [0.1, 0.15) is 5.75 Å². The Morgan fingerprint density at radius 3 is 2.77 bits per heavy atom. The lowest BCUT2D eigenvalue weighted by Crippen LogP contribution is -1.88. The number of alkyl halides is 1. The maximum atomic E-state index is 8.36. The van der Waals surface area contributed by atoms with Crippen molar-refractivity contribution < 1.29 is 14.6 Å². The molecular weight excluding hydrogens is 238 g/mol. The second-order valence-corrected chi connectivity index (χ2v) is 2.49. The highest BCUT2D eigenvalue weighted by atomic mass is 79.9. The highest BCUT2D eigenvalue weighted by molar-refractivity contribution is 9.08. The first-order valence-corrected chi connectivity index (χ1v) is 4.53. The Kier molecular flexibility index (Phi) is 6.91. The standard InChI is InChI=1S/C7H8BrNO.CH2O2/c1-10-7-2-3-9-5-6(7)4-8;2-1-3/h2-3,5H,4H2,1H3;1H,(H,2,3). The van der Waals surface area contributed by atoms with Crippen LogP contribution in [0.3, 0.4) is 0 Å². The predicted molar refractivity (Wildman–Crippen MR) is 52.1 cm³/mol. The molecule has 0 aliphatic rings. The van der Waals surface area contributed by atoms with Crippen molar-refractivity contribution in [1.82, 2.24) is 4.98 Å². The van der Waals surface area contributed by atoms with Crippen molar-refractivity contribution in [2.24, 2.45) is 0 Å². The maximum Gasteiger partial charge on any atom is 0.290 e. The smallest absolute Gasteiger partial charge is 0.290 e. The molecule has 0 aromatic carbocycles. The molecular formula is C8H10BrNO3. The van der Waals surface area contributed by atoms with Gasteiger partial charge in [-0.1, -0.05) is 15.9 Å². The first-order valence-electron chi connectivity index (χ1n) is 3.40. The fraction of sp³-hybridized carbons (Fsp3) is 0.250. The van der Waals surface area contributed by atoms with E-state index in [1.165, 1.54) is 0 Å². The van der Waals surface area contributed by atoms with Crippen LogP contribution in [0, 0.1) is 0 Å². The zero-order valence-corrected chi connectivity index (χ0v) is 8.69. The van der Waals surface area contributed by atoms with Gasteiger partial charge >= 0.3 is 0 Å². The lowest BCUT2D eigenvalue weighted by molar-refractivity contribution is -0.122. The number of halogens is 1. The highest BCUT2D eigenvalue weighted by Gasteiger charge is 1.97. The van der Waals surface area contributed by atoms with Crippen LogP contribution in [0.1, 0.15) is 5.56 Å². The Bertz CT molecular complexity index is 232. The van der Waals surface area contributed by atoms with Crippen LogP contribution in [0.5, 0.6) is 5.75 Å². The van der Waals surface area contributed by atoms with Crippen LogP contribution >= 0.6 is 15.9 Å². The van der Waals surface area contributed by atoms with E-state index in [9.17, 15) is 0 Å². The number of hydrogen-bond acceptors (Lipinski definition) is 3. The molecule has 4 nitrogen and oxygen atoms in total. The van der Waals surface area contributed by atoms with E-state index in [4.69, 9.17) is 14.6 Å². The summed E-state index contributed by atoms with van der Waals surface area (Å²) in [5.74, 6) is 0.881. The van der Waals surface area contributed by atoms with Crippen LogP contribution < -0.4 is 4.74 Å². The van der Waals surface area contributed by atoms with Crippen LogP contribution in [0.4, 0.5) is 0 Å². The van der Waals surface area contributed by atoms with Crippen molar-refractivity contribution in [2.75, 3.05) is 7.11 Å². The van der Waals surface area contributed by atoms with Crippen molar-refractivity contribution in [3.63, 3.8) is 0 Å². The van der Waals surface area contributed by atoms with E-state index in [1.807, 2.05) is 6.07 Å². The van der Waals surface area contributed by atoms with E-state index < -0.39 is 0 Å². The normalized spacial score (nSPS) is 8.15. The van der Waals surface area contributed by atoms with Gasteiger partial charge in [-0.25, -0.2) is 0 Å². The van der Waals surface area contributed by atoms with Gasteiger partial charge in [0.05, 0.1) is 7.11 Å². The molecule has 0 atom stereocenters. The third kappa shape index (κ3) is 4.47. The minimum atomic E-state index is -0.250. The average molecular weight is 248 g/mol. The summed E-state index contributed by atoms with van der Waals surface area (Å²) < 4.78 is 5.07. The molecule has 0 aliphatic heterocycles. The quantitative estimate of drug-likeness (QED) is 0.639. The van der Waals surface area contributed by atoms with Crippen molar-refractivity contribution in [3.8, 4) is 5.75 Å². The molecule has 0 aliphatic carbocycles. The minimum Gasteiger partial charge on any atom is -0.496 e. The molecule has 1 aromatic heterocycles. The van der Waals surface area contributed by atoms with Crippen LogP contribution in [0.15, 0.2) is 18.5 Å². The Hall–Kier alpha value is -1.10. The van der Waals surface area contributed by atoms with Gasteiger partial charge in [0.2, 0.25) is 0 Å². The molecule has 0 spiro atoms. The Morgan fingerprint density at radius 2 is 2.38 bits per heavy atom. The molecule has 72 valence electrons. The lowest BCUT2D eigenvalue weighted by Gasteiger charge is -2.02. The van der Waals surface area contributed by atoms with Gasteiger partial charge in [-0.05, 0) is 6.07 Å². The number of aromatic nitrogens is 1. The van der Waals surface area contributed by atoms with E-state index >= 15 is 0 Å². The fourth-order valence-corrected chi connectivity index (χ4v) is 1.13. The summed E-state index contributed by atoms with van der Waals surface area (Å²) in [5, 5.41) is 7.67. The number of rotatable bonds is 2. The molecule has 1 heterocycles. The maximum absolute atomic E-state index is 8.36. The molecule has 1 rings (SSSR count). The molecule has 0 bridgehead atoms. The van der Waals surface area contributed by atoms with E-state index in [-0.39, 0.29) is 6.47 Å². The summed E-state index contributed by atoms with van der Waals surface area (Å²) in [4.78, 5) is 12.3. The largest absolute Gasteiger partial charge is 0.496 e. The van der Waals surface area contributed by atoms with E-state index in [2.05, 4.69) is 20.9 Å². The summed E-state index contributed by atoms with van der Waals surface area (Å²) in [6, 6.07) is 1.84. The summed E-state index contributed by atoms with van der Waals surface area (Å²) in [5.41, 5.74) is 1.07. The molecule has 1 N–H and O–H groups in total. The van der Waals surface area contributed by atoms with Crippen LogP contribution in [0.2, 0.25) is 0 Å². The molecule has 0 radical (unpaired) electrons. The van der Waals surface area contributed by atoms with Gasteiger partial charge < -0.3 is 9.84 Å². The van der Waals surface area contributed by atoms with Crippen molar-refractivity contribution in [1.29, 1.82) is 0 Å². The molecule has 0 saturated carbocycles. The molecule has 13 heavy (non-hydrogen) atoms. The topological polar surface area (TPSA) is 59.4 Å². The molecule has 0 amide bonds. The van der Waals surface area contributed by atoms with Gasteiger partial charge in [-0.3, -0.25) is 9.78 Å². The molecule has 0 saturated heterocycles. The number of pyridine rings is 1. The van der Waals surface area contributed by atoms with E-state index in [0.717, 1.165) is 16.6 Å². The summed E-state index contributed by atoms with van der Waals surface area (Å²) in [7, 11) is 1.65. The van der Waals surface area contributed by atoms with Crippen LogP contribution in [-0.4, -0.2) is 23.7 Å². The Labute approximate surface area is 84.7 Å².